The van der Waals surface area contributed by atoms with Crippen LogP contribution in [0.1, 0.15) is 24.6 Å². The van der Waals surface area contributed by atoms with Crippen LogP contribution in [0.3, 0.4) is 0 Å². The van der Waals surface area contributed by atoms with Crippen molar-refractivity contribution in [2.75, 3.05) is 7.11 Å². The summed E-state index contributed by atoms with van der Waals surface area (Å²) in [5.41, 5.74) is 1.02. The maximum atomic E-state index is 13.8. The van der Waals surface area contributed by atoms with E-state index in [0.29, 0.717) is 17.1 Å². The van der Waals surface area contributed by atoms with Crippen molar-refractivity contribution in [3.8, 4) is 11.3 Å². The summed E-state index contributed by atoms with van der Waals surface area (Å²) in [5.74, 6) is -0.273. The van der Waals surface area contributed by atoms with Gasteiger partial charge in [0.2, 0.25) is 0 Å². The predicted molar refractivity (Wildman–Crippen MR) is 71.6 cm³/mol. The standard InChI is InChI=1S/C15H15FN2O2/c1-20-15(19)11-6-4-8-18-9-13(17-14(11)18)10-5-2-3-7-12(10)16/h2-3,5,7,9,11H,4,6,8H2,1H3. The Morgan fingerprint density at radius 3 is 3.00 bits per heavy atom. The molecule has 0 saturated carbocycles. The third-order valence-electron chi connectivity index (χ3n) is 3.65. The minimum atomic E-state index is -0.353. The van der Waals surface area contributed by atoms with Gasteiger partial charge < -0.3 is 9.30 Å². The third kappa shape index (κ3) is 2.09. The number of fused-ring (bicyclic) bond motifs is 1. The van der Waals surface area contributed by atoms with Crippen LogP contribution in [0, 0.1) is 5.82 Å². The SMILES string of the molecule is COC(=O)C1CCCn2cc(-c3ccccc3F)nc21. The zero-order valence-electron chi connectivity index (χ0n) is 11.2. The number of ether oxygens (including phenoxy) is 1. The molecule has 3 rings (SSSR count). The highest BCUT2D eigenvalue weighted by molar-refractivity contribution is 5.77. The summed E-state index contributed by atoms with van der Waals surface area (Å²) < 4.78 is 20.6. The molecule has 1 unspecified atom stereocenters. The molecular formula is C15H15FN2O2. The first kappa shape index (κ1) is 12.8. The van der Waals surface area contributed by atoms with E-state index in [-0.39, 0.29) is 17.7 Å². The summed E-state index contributed by atoms with van der Waals surface area (Å²) >= 11 is 0. The first-order chi connectivity index (χ1) is 9.70. The second kappa shape index (κ2) is 5.07. The van der Waals surface area contributed by atoms with E-state index in [1.165, 1.54) is 13.2 Å². The Balaban J connectivity index is 2.04. The lowest BCUT2D eigenvalue weighted by Gasteiger charge is -2.20. The number of methoxy groups -OCH3 is 1. The van der Waals surface area contributed by atoms with Gasteiger partial charge in [0, 0.05) is 18.3 Å². The normalized spacial score (nSPS) is 17.6. The van der Waals surface area contributed by atoms with Crippen molar-refractivity contribution in [3.05, 3.63) is 42.1 Å². The predicted octanol–water partition coefficient (Wildman–Crippen LogP) is 2.74. The van der Waals surface area contributed by atoms with E-state index in [2.05, 4.69) is 4.98 Å². The fourth-order valence-corrected chi connectivity index (χ4v) is 2.65. The van der Waals surface area contributed by atoms with Crippen molar-refractivity contribution in [2.24, 2.45) is 0 Å². The summed E-state index contributed by atoms with van der Waals surface area (Å²) in [6.45, 7) is 0.796. The highest BCUT2D eigenvalue weighted by Crippen LogP contribution is 2.31. The molecule has 1 aliphatic heterocycles. The smallest absolute Gasteiger partial charge is 0.316 e. The Labute approximate surface area is 116 Å². The van der Waals surface area contributed by atoms with Gasteiger partial charge in [0.25, 0.3) is 0 Å². The average Bonchev–Trinajstić information content (AvgIpc) is 2.90. The van der Waals surface area contributed by atoms with Crippen molar-refractivity contribution in [1.29, 1.82) is 0 Å². The Morgan fingerprint density at radius 1 is 1.45 bits per heavy atom. The number of hydrogen-bond donors (Lipinski definition) is 0. The molecule has 4 nitrogen and oxygen atoms in total. The summed E-state index contributed by atoms with van der Waals surface area (Å²) in [7, 11) is 1.38. The Hall–Kier alpha value is -2.17. The van der Waals surface area contributed by atoms with Gasteiger partial charge in [0.1, 0.15) is 17.6 Å². The Morgan fingerprint density at radius 2 is 2.25 bits per heavy atom. The molecule has 0 saturated heterocycles. The molecule has 0 fully saturated rings. The van der Waals surface area contributed by atoms with Crippen LogP contribution in [0.5, 0.6) is 0 Å². The molecule has 5 heteroatoms. The van der Waals surface area contributed by atoms with E-state index in [0.717, 1.165) is 19.4 Å². The largest absolute Gasteiger partial charge is 0.468 e. The number of aromatic nitrogens is 2. The Bertz CT molecular complexity index is 651. The number of hydrogen-bond acceptors (Lipinski definition) is 3. The monoisotopic (exact) mass is 274 g/mol. The van der Waals surface area contributed by atoms with Crippen LogP contribution in [0.4, 0.5) is 4.39 Å². The molecule has 1 aromatic heterocycles. The molecule has 0 N–H and O–H groups in total. The van der Waals surface area contributed by atoms with Crippen molar-refractivity contribution in [2.45, 2.75) is 25.3 Å². The van der Waals surface area contributed by atoms with Gasteiger partial charge in [0.05, 0.1) is 12.8 Å². The lowest BCUT2D eigenvalue weighted by molar-refractivity contribution is -0.143. The second-order valence-corrected chi connectivity index (χ2v) is 4.88. The van der Waals surface area contributed by atoms with Crippen molar-refractivity contribution >= 4 is 5.97 Å². The van der Waals surface area contributed by atoms with Gasteiger partial charge in [0.15, 0.2) is 0 Å². The summed E-state index contributed by atoms with van der Waals surface area (Å²) in [4.78, 5) is 16.2. The minimum absolute atomic E-state index is 0.281. The van der Waals surface area contributed by atoms with Gasteiger partial charge in [-0.2, -0.15) is 0 Å². The second-order valence-electron chi connectivity index (χ2n) is 4.88. The van der Waals surface area contributed by atoms with Crippen LogP contribution in [0.15, 0.2) is 30.5 Å². The number of carbonyl (C=O) groups excluding carboxylic acids is 1. The van der Waals surface area contributed by atoms with Gasteiger partial charge in [-0.25, -0.2) is 9.37 Å². The zero-order valence-corrected chi connectivity index (χ0v) is 11.2. The molecule has 2 heterocycles. The third-order valence-corrected chi connectivity index (χ3v) is 3.65. The molecule has 0 spiro atoms. The van der Waals surface area contributed by atoms with E-state index in [1.807, 2.05) is 10.8 Å². The van der Waals surface area contributed by atoms with Gasteiger partial charge in [-0.3, -0.25) is 4.79 Å². The number of rotatable bonds is 2. The maximum Gasteiger partial charge on any atom is 0.316 e. The number of nitrogens with zero attached hydrogens (tertiary/aromatic N) is 2. The quantitative estimate of drug-likeness (QED) is 0.791. The van der Waals surface area contributed by atoms with E-state index in [1.54, 1.807) is 18.2 Å². The van der Waals surface area contributed by atoms with E-state index in [9.17, 15) is 9.18 Å². The number of carbonyl (C=O) groups is 1. The van der Waals surface area contributed by atoms with Gasteiger partial charge in [-0.15, -0.1) is 0 Å². The van der Waals surface area contributed by atoms with Crippen molar-refractivity contribution in [3.63, 3.8) is 0 Å². The Kier molecular flexibility index (Phi) is 3.26. The van der Waals surface area contributed by atoms with Crippen LogP contribution in [-0.4, -0.2) is 22.6 Å². The van der Waals surface area contributed by atoms with E-state index >= 15 is 0 Å². The van der Waals surface area contributed by atoms with Crippen LogP contribution in [-0.2, 0) is 16.1 Å². The van der Waals surface area contributed by atoms with E-state index < -0.39 is 0 Å². The minimum Gasteiger partial charge on any atom is -0.468 e. The summed E-state index contributed by atoms with van der Waals surface area (Å²) in [5, 5.41) is 0. The number of imidazole rings is 1. The molecule has 0 radical (unpaired) electrons. The molecule has 2 aromatic rings. The fourth-order valence-electron chi connectivity index (χ4n) is 2.65. The molecule has 104 valence electrons. The molecule has 0 amide bonds. The number of aryl methyl sites for hydroxylation is 1. The maximum absolute atomic E-state index is 13.8. The molecular weight excluding hydrogens is 259 g/mol. The van der Waals surface area contributed by atoms with Crippen molar-refractivity contribution in [1.82, 2.24) is 9.55 Å². The van der Waals surface area contributed by atoms with Crippen LogP contribution in [0.2, 0.25) is 0 Å². The molecule has 1 aromatic carbocycles. The summed E-state index contributed by atoms with van der Waals surface area (Å²) in [6.07, 6.45) is 3.42. The van der Waals surface area contributed by atoms with E-state index in [4.69, 9.17) is 4.74 Å². The number of halogens is 1. The fraction of sp³-hybridized carbons (Fsp3) is 0.333. The molecule has 0 bridgehead atoms. The van der Waals surface area contributed by atoms with Gasteiger partial charge >= 0.3 is 5.97 Å². The lowest BCUT2D eigenvalue weighted by atomic mass is 9.99. The van der Waals surface area contributed by atoms with Crippen LogP contribution in [0.25, 0.3) is 11.3 Å². The zero-order chi connectivity index (χ0) is 14.1. The molecule has 0 aliphatic carbocycles. The van der Waals surface area contributed by atoms with Gasteiger partial charge in [-0.1, -0.05) is 12.1 Å². The first-order valence-corrected chi connectivity index (χ1v) is 6.60. The lowest BCUT2D eigenvalue weighted by Crippen LogP contribution is -2.23. The van der Waals surface area contributed by atoms with Crippen LogP contribution >= 0.6 is 0 Å². The highest BCUT2D eigenvalue weighted by atomic mass is 19.1. The highest BCUT2D eigenvalue weighted by Gasteiger charge is 2.30. The first-order valence-electron chi connectivity index (χ1n) is 6.60. The summed E-state index contributed by atoms with van der Waals surface area (Å²) in [6, 6.07) is 6.52. The molecule has 1 atom stereocenters. The number of benzene rings is 1. The topological polar surface area (TPSA) is 44.1 Å². The molecule has 1 aliphatic rings. The number of esters is 1. The molecule has 20 heavy (non-hydrogen) atoms. The average molecular weight is 274 g/mol. The van der Waals surface area contributed by atoms with Crippen LogP contribution < -0.4 is 0 Å². The van der Waals surface area contributed by atoms with Gasteiger partial charge in [-0.05, 0) is 25.0 Å². The van der Waals surface area contributed by atoms with Crippen molar-refractivity contribution < 1.29 is 13.9 Å².